The molecule has 2 rings (SSSR count). The van der Waals surface area contributed by atoms with Crippen LogP contribution in [-0.2, 0) is 0 Å². The van der Waals surface area contributed by atoms with E-state index in [2.05, 4.69) is 4.90 Å². The van der Waals surface area contributed by atoms with Crippen molar-refractivity contribution in [3.8, 4) is 0 Å². The zero-order chi connectivity index (χ0) is 9.31. The maximum atomic E-state index is 12.8. The Morgan fingerprint density at radius 1 is 1.38 bits per heavy atom. The lowest BCUT2D eigenvalue weighted by atomic mass is 10.0. The first-order valence-corrected chi connectivity index (χ1v) is 5.27. The minimum absolute atomic E-state index is 0.496. The standard InChI is InChI=1S/C10H18FNO/c11-9-3-6-12(7-9)8-10(13)4-1-2-5-10/h9,13H,1-8H2. The molecule has 0 aromatic heterocycles. The number of hydrogen-bond donors (Lipinski definition) is 1. The van der Waals surface area contributed by atoms with Gasteiger partial charge in [0.15, 0.2) is 0 Å². The number of halogens is 1. The summed E-state index contributed by atoms with van der Waals surface area (Å²) in [6.07, 6.45) is 4.05. The third-order valence-electron chi connectivity index (χ3n) is 3.27. The van der Waals surface area contributed by atoms with Crippen molar-refractivity contribution in [3.05, 3.63) is 0 Å². The van der Waals surface area contributed by atoms with Gasteiger partial charge in [-0.2, -0.15) is 0 Å². The van der Waals surface area contributed by atoms with Gasteiger partial charge in [0.2, 0.25) is 0 Å². The molecule has 1 N–H and O–H groups in total. The third kappa shape index (κ3) is 2.20. The molecule has 0 amide bonds. The SMILES string of the molecule is OC1(CN2CCC(F)C2)CCCC1. The molecule has 1 atom stereocenters. The molecule has 1 aliphatic carbocycles. The van der Waals surface area contributed by atoms with E-state index in [1.54, 1.807) is 0 Å². The quantitative estimate of drug-likeness (QED) is 0.705. The Hall–Kier alpha value is -0.150. The van der Waals surface area contributed by atoms with E-state index in [0.717, 1.165) is 32.2 Å². The topological polar surface area (TPSA) is 23.5 Å². The largest absolute Gasteiger partial charge is 0.389 e. The Kier molecular flexibility index (Phi) is 2.56. The number of β-amino-alcohol motifs (C(OH)–C–C–N with tert-alkyl or cyclic N) is 1. The van der Waals surface area contributed by atoms with Gasteiger partial charge < -0.3 is 5.11 Å². The molecular formula is C10H18FNO. The van der Waals surface area contributed by atoms with Crippen molar-refractivity contribution in [1.29, 1.82) is 0 Å². The zero-order valence-electron chi connectivity index (χ0n) is 8.01. The minimum Gasteiger partial charge on any atom is -0.389 e. The van der Waals surface area contributed by atoms with E-state index in [1.165, 1.54) is 0 Å². The Balaban J connectivity index is 1.83. The second-order valence-corrected chi connectivity index (χ2v) is 4.55. The number of rotatable bonds is 2. The lowest BCUT2D eigenvalue weighted by Crippen LogP contribution is -2.40. The first-order valence-electron chi connectivity index (χ1n) is 5.27. The summed E-state index contributed by atoms with van der Waals surface area (Å²) in [4.78, 5) is 2.07. The molecular weight excluding hydrogens is 169 g/mol. The molecule has 0 spiro atoms. The van der Waals surface area contributed by atoms with E-state index < -0.39 is 11.8 Å². The highest BCUT2D eigenvalue weighted by molar-refractivity contribution is 4.89. The first-order chi connectivity index (χ1) is 6.18. The molecule has 1 aliphatic heterocycles. The lowest BCUT2D eigenvalue weighted by molar-refractivity contribution is 0.0144. The fourth-order valence-electron chi connectivity index (χ4n) is 2.54. The van der Waals surface area contributed by atoms with Crippen molar-refractivity contribution < 1.29 is 9.50 Å². The van der Waals surface area contributed by atoms with E-state index >= 15 is 0 Å². The summed E-state index contributed by atoms with van der Waals surface area (Å²) in [6.45, 7) is 2.04. The second kappa shape index (κ2) is 3.54. The van der Waals surface area contributed by atoms with Gasteiger partial charge in [0, 0.05) is 19.6 Å². The van der Waals surface area contributed by atoms with Crippen molar-refractivity contribution in [2.75, 3.05) is 19.6 Å². The fourth-order valence-corrected chi connectivity index (χ4v) is 2.54. The van der Waals surface area contributed by atoms with E-state index in [0.29, 0.717) is 19.5 Å². The van der Waals surface area contributed by atoms with Crippen LogP contribution in [0.5, 0.6) is 0 Å². The van der Waals surface area contributed by atoms with Crippen LogP contribution in [0.25, 0.3) is 0 Å². The number of nitrogens with zero attached hydrogens (tertiary/aromatic N) is 1. The summed E-state index contributed by atoms with van der Waals surface area (Å²) >= 11 is 0. The number of aliphatic hydroxyl groups is 1. The third-order valence-corrected chi connectivity index (χ3v) is 3.27. The van der Waals surface area contributed by atoms with Gasteiger partial charge in [-0.05, 0) is 19.3 Å². The van der Waals surface area contributed by atoms with Gasteiger partial charge >= 0.3 is 0 Å². The molecule has 0 aromatic carbocycles. The monoisotopic (exact) mass is 187 g/mol. The molecule has 0 bridgehead atoms. The summed E-state index contributed by atoms with van der Waals surface area (Å²) in [5, 5.41) is 10.1. The van der Waals surface area contributed by atoms with Crippen molar-refractivity contribution in [3.63, 3.8) is 0 Å². The lowest BCUT2D eigenvalue weighted by Gasteiger charge is -2.27. The maximum absolute atomic E-state index is 12.8. The minimum atomic E-state index is -0.662. The van der Waals surface area contributed by atoms with Gasteiger partial charge in [-0.3, -0.25) is 4.90 Å². The van der Waals surface area contributed by atoms with Crippen LogP contribution in [0, 0.1) is 0 Å². The number of alkyl halides is 1. The van der Waals surface area contributed by atoms with Gasteiger partial charge in [-0.15, -0.1) is 0 Å². The molecule has 1 saturated carbocycles. The van der Waals surface area contributed by atoms with Crippen molar-refractivity contribution in [2.24, 2.45) is 0 Å². The number of likely N-dealkylation sites (tertiary alicyclic amines) is 1. The van der Waals surface area contributed by atoms with Crippen LogP contribution in [0.15, 0.2) is 0 Å². The Morgan fingerprint density at radius 3 is 2.62 bits per heavy atom. The van der Waals surface area contributed by atoms with Crippen LogP contribution < -0.4 is 0 Å². The summed E-state index contributed by atoms with van der Waals surface area (Å²) in [5.41, 5.74) is -0.496. The van der Waals surface area contributed by atoms with Gasteiger partial charge in [0.25, 0.3) is 0 Å². The van der Waals surface area contributed by atoms with Gasteiger partial charge in [-0.25, -0.2) is 4.39 Å². The molecule has 2 fully saturated rings. The first kappa shape index (κ1) is 9.41. The molecule has 1 unspecified atom stereocenters. The summed E-state index contributed by atoms with van der Waals surface area (Å²) in [7, 11) is 0. The van der Waals surface area contributed by atoms with Crippen molar-refractivity contribution >= 4 is 0 Å². The molecule has 1 saturated heterocycles. The van der Waals surface area contributed by atoms with E-state index in [4.69, 9.17) is 0 Å². The van der Waals surface area contributed by atoms with Crippen molar-refractivity contribution in [1.82, 2.24) is 4.90 Å². The summed E-state index contributed by atoms with van der Waals surface area (Å²) in [6, 6.07) is 0. The maximum Gasteiger partial charge on any atom is 0.114 e. The summed E-state index contributed by atoms with van der Waals surface area (Å²) in [5.74, 6) is 0. The van der Waals surface area contributed by atoms with Crippen LogP contribution >= 0.6 is 0 Å². The van der Waals surface area contributed by atoms with Crippen LogP contribution in [0.2, 0.25) is 0 Å². The Morgan fingerprint density at radius 2 is 2.08 bits per heavy atom. The molecule has 76 valence electrons. The van der Waals surface area contributed by atoms with Crippen LogP contribution in [0.1, 0.15) is 32.1 Å². The normalized spacial score (nSPS) is 34.2. The van der Waals surface area contributed by atoms with Crippen LogP contribution in [0.4, 0.5) is 4.39 Å². The highest BCUT2D eigenvalue weighted by atomic mass is 19.1. The van der Waals surface area contributed by atoms with Crippen LogP contribution in [0.3, 0.4) is 0 Å². The highest BCUT2D eigenvalue weighted by Crippen LogP contribution is 2.31. The molecule has 13 heavy (non-hydrogen) atoms. The molecule has 0 radical (unpaired) electrons. The number of hydrogen-bond acceptors (Lipinski definition) is 2. The van der Waals surface area contributed by atoms with E-state index in [1.807, 2.05) is 0 Å². The Labute approximate surface area is 78.7 Å². The molecule has 3 heteroatoms. The zero-order valence-corrected chi connectivity index (χ0v) is 8.01. The van der Waals surface area contributed by atoms with Gasteiger partial charge in [0.1, 0.15) is 6.17 Å². The van der Waals surface area contributed by atoms with Gasteiger partial charge in [0.05, 0.1) is 5.60 Å². The predicted octanol–water partition coefficient (Wildman–Crippen LogP) is 1.34. The van der Waals surface area contributed by atoms with E-state index in [-0.39, 0.29) is 0 Å². The van der Waals surface area contributed by atoms with E-state index in [9.17, 15) is 9.50 Å². The average Bonchev–Trinajstić information content (AvgIpc) is 2.62. The van der Waals surface area contributed by atoms with Crippen LogP contribution in [-0.4, -0.2) is 41.4 Å². The predicted molar refractivity (Wildman–Crippen MR) is 49.4 cm³/mol. The fraction of sp³-hybridized carbons (Fsp3) is 1.00. The molecule has 0 aromatic rings. The smallest absolute Gasteiger partial charge is 0.114 e. The van der Waals surface area contributed by atoms with Crippen molar-refractivity contribution in [2.45, 2.75) is 43.9 Å². The molecule has 2 nitrogen and oxygen atoms in total. The highest BCUT2D eigenvalue weighted by Gasteiger charge is 2.35. The second-order valence-electron chi connectivity index (χ2n) is 4.55. The van der Waals surface area contributed by atoms with Gasteiger partial charge in [-0.1, -0.05) is 12.8 Å². The average molecular weight is 187 g/mol. The Bertz CT molecular complexity index is 180. The molecule has 2 aliphatic rings. The summed E-state index contributed by atoms with van der Waals surface area (Å²) < 4.78 is 12.8. The molecule has 1 heterocycles.